The van der Waals surface area contributed by atoms with Crippen LogP contribution in [0.4, 0.5) is 30.5 Å². The van der Waals surface area contributed by atoms with Gasteiger partial charge in [0.15, 0.2) is 0 Å². The van der Waals surface area contributed by atoms with Gasteiger partial charge in [-0.25, -0.2) is 8.78 Å². The summed E-state index contributed by atoms with van der Waals surface area (Å²) >= 11 is 0. The first-order valence-corrected chi connectivity index (χ1v) is 4.12. The van der Waals surface area contributed by atoms with E-state index in [0.717, 1.165) is 0 Å². The molecule has 1 rings (SSSR count). The average Bonchev–Trinajstić information content (AvgIpc) is 2.16. The molecule has 0 aliphatic heterocycles. The number of alkyl halides is 4. The monoisotopic (exact) mass is 284 g/mol. The molecule has 0 unspecified atom stereocenters. The second-order valence-corrected chi connectivity index (χ2v) is 3.12. The van der Waals surface area contributed by atoms with Gasteiger partial charge >= 0.3 is 70.7 Å². The van der Waals surface area contributed by atoms with Gasteiger partial charge in [0.2, 0.25) is 0 Å². The zero-order valence-corrected chi connectivity index (χ0v) is 11.7. The van der Waals surface area contributed by atoms with Crippen LogP contribution in [-0.2, 0) is 5.92 Å². The molecule has 1 aromatic rings. The number of benzene rings is 1. The summed E-state index contributed by atoms with van der Waals surface area (Å²) in [6, 6.07) is 1.45. The van der Waals surface area contributed by atoms with E-state index in [0.29, 0.717) is 24.3 Å². The second kappa shape index (κ2) is 6.05. The standard InChI is InChI=1S/C8H5BF7.K/c10-7(11)8(12,13)5-1-3-6(4-2-5)9(14,15)16;/h1-4,7H;/q-1;+1. The minimum atomic E-state index is -5.31. The van der Waals surface area contributed by atoms with Gasteiger partial charge in [0.05, 0.1) is 0 Å². The molecule has 0 aliphatic rings. The van der Waals surface area contributed by atoms with Crippen LogP contribution < -0.4 is 56.8 Å². The normalized spacial score (nSPS) is 12.5. The fourth-order valence-electron chi connectivity index (χ4n) is 1.05. The second-order valence-electron chi connectivity index (χ2n) is 3.12. The minimum absolute atomic E-state index is 0. The van der Waals surface area contributed by atoms with E-state index in [9.17, 15) is 30.5 Å². The van der Waals surface area contributed by atoms with Gasteiger partial charge in [0, 0.05) is 5.56 Å². The smallest absolute Gasteiger partial charge is 0.445 e. The first-order chi connectivity index (χ1) is 7.15. The topological polar surface area (TPSA) is 0 Å². The molecular formula is C8H5BF7K. The van der Waals surface area contributed by atoms with Crippen LogP contribution in [0, 0.1) is 0 Å². The first-order valence-electron chi connectivity index (χ1n) is 4.12. The van der Waals surface area contributed by atoms with Crippen LogP contribution in [0.1, 0.15) is 5.56 Å². The third-order valence-electron chi connectivity index (χ3n) is 1.95. The molecule has 0 aliphatic carbocycles. The van der Waals surface area contributed by atoms with Crippen molar-refractivity contribution in [3.8, 4) is 0 Å². The summed E-state index contributed by atoms with van der Waals surface area (Å²) in [5.74, 6) is -4.43. The third kappa shape index (κ3) is 4.23. The van der Waals surface area contributed by atoms with Crippen molar-refractivity contribution in [1.82, 2.24) is 0 Å². The van der Waals surface area contributed by atoms with Crippen LogP contribution in [0.25, 0.3) is 0 Å². The maximum absolute atomic E-state index is 12.7. The van der Waals surface area contributed by atoms with Crippen LogP contribution >= 0.6 is 0 Å². The Hall–Kier alpha value is 0.431. The SMILES string of the molecule is FC(F)C(F)(F)c1ccc([B-](F)(F)F)cc1.[K+]. The number of hydrogen-bond acceptors (Lipinski definition) is 0. The molecule has 0 atom stereocenters. The van der Waals surface area contributed by atoms with Gasteiger partial charge in [0.25, 0.3) is 0 Å². The molecule has 0 saturated carbocycles. The van der Waals surface area contributed by atoms with Crippen molar-refractivity contribution in [2.75, 3.05) is 0 Å². The number of halogens is 7. The average molecular weight is 284 g/mol. The Morgan fingerprint density at radius 1 is 0.941 bits per heavy atom. The summed E-state index contributed by atoms with van der Waals surface area (Å²) in [5, 5.41) is 0. The van der Waals surface area contributed by atoms with Crippen molar-refractivity contribution in [3.63, 3.8) is 0 Å². The van der Waals surface area contributed by atoms with Gasteiger partial charge in [-0.15, -0.1) is 5.46 Å². The number of rotatable bonds is 3. The van der Waals surface area contributed by atoms with Gasteiger partial charge < -0.3 is 12.9 Å². The zero-order chi connectivity index (χ0) is 12.6. The van der Waals surface area contributed by atoms with Crippen LogP contribution in [-0.4, -0.2) is 13.4 Å². The molecule has 0 saturated heterocycles. The molecule has 0 amide bonds. The van der Waals surface area contributed by atoms with Gasteiger partial charge in [0.1, 0.15) is 0 Å². The predicted molar refractivity (Wildman–Crippen MR) is 45.1 cm³/mol. The molecule has 17 heavy (non-hydrogen) atoms. The molecule has 0 spiro atoms. The van der Waals surface area contributed by atoms with Gasteiger partial charge in [-0.2, -0.15) is 8.78 Å². The van der Waals surface area contributed by atoms with E-state index in [2.05, 4.69) is 0 Å². The molecule has 0 N–H and O–H groups in total. The van der Waals surface area contributed by atoms with E-state index in [-0.39, 0.29) is 51.4 Å². The Morgan fingerprint density at radius 2 is 1.35 bits per heavy atom. The predicted octanol–water partition coefficient (Wildman–Crippen LogP) is 0.102. The molecule has 90 valence electrons. The molecule has 9 heteroatoms. The van der Waals surface area contributed by atoms with Gasteiger partial charge in [-0.3, -0.25) is 0 Å². The summed E-state index contributed by atoms with van der Waals surface area (Å²) in [4.78, 5) is 0. The molecule has 0 heterocycles. The largest absolute Gasteiger partial charge is 1.00 e. The van der Waals surface area contributed by atoms with Crippen molar-refractivity contribution in [1.29, 1.82) is 0 Å². The van der Waals surface area contributed by atoms with Crippen LogP contribution in [0.3, 0.4) is 0 Å². The van der Waals surface area contributed by atoms with E-state index in [1.807, 2.05) is 0 Å². The van der Waals surface area contributed by atoms with E-state index >= 15 is 0 Å². The summed E-state index contributed by atoms with van der Waals surface area (Å²) in [6.45, 7) is -5.31. The maximum Gasteiger partial charge on any atom is 1.00 e. The molecule has 0 radical (unpaired) electrons. The summed E-state index contributed by atoms with van der Waals surface area (Å²) in [5.41, 5.74) is -2.24. The minimum Gasteiger partial charge on any atom is -0.445 e. The Morgan fingerprint density at radius 3 is 1.65 bits per heavy atom. The molecule has 0 bridgehead atoms. The molecule has 1 aromatic carbocycles. The van der Waals surface area contributed by atoms with E-state index in [4.69, 9.17) is 0 Å². The molecule has 0 fully saturated rings. The Balaban J connectivity index is 0.00000256. The quantitative estimate of drug-likeness (QED) is 0.545. The van der Waals surface area contributed by atoms with E-state index in [1.165, 1.54) is 0 Å². The van der Waals surface area contributed by atoms with Crippen molar-refractivity contribution in [2.24, 2.45) is 0 Å². The number of hydrogen-bond donors (Lipinski definition) is 0. The van der Waals surface area contributed by atoms with Crippen molar-refractivity contribution in [2.45, 2.75) is 12.3 Å². The fraction of sp³-hybridized carbons (Fsp3) is 0.250. The van der Waals surface area contributed by atoms with Crippen molar-refractivity contribution in [3.05, 3.63) is 29.8 Å². The molecule has 0 nitrogen and oxygen atoms in total. The summed E-state index contributed by atoms with van der Waals surface area (Å²) in [6.07, 6.45) is -3.95. The van der Waals surface area contributed by atoms with E-state index < -0.39 is 30.4 Å². The van der Waals surface area contributed by atoms with Crippen LogP contribution in [0.2, 0.25) is 0 Å². The van der Waals surface area contributed by atoms with Crippen LogP contribution in [0.15, 0.2) is 24.3 Å². The first kappa shape index (κ1) is 17.4. The Labute approximate surface area is 135 Å². The summed E-state index contributed by atoms with van der Waals surface area (Å²) < 4.78 is 85.4. The van der Waals surface area contributed by atoms with Crippen molar-refractivity contribution < 1.29 is 81.9 Å². The van der Waals surface area contributed by atoms with Crippen LogP contribution in [0.5, 0.6) is 0 Å². The van der Waals surface area contributed by atoms with Crippen molar-refractivity contribution >= 4 is 12.4 Å². The Kier molecular flexibility index (Phi) is 6.20. The zero-order valence-electron chi connectivity index (χ0n) is 8.61. The maximum atomic E-state index is 12.7. The summed E-state index contributed by atoms with van der Waals surface area (Å²) in [7, 11) is 0. The Bertz CT molecular complexity index is 359. The fourth-order valence-corrected chi connectivity index (χ4v) is 1.05. The molecular weight excluding hydrogens is 279 g/mol. The van der Waals surface area contributed by atoms with E-state index in [1.54, 1.807) is 0 Å². The third-order valence-corrected chi connectivity index (χ3v) is 1.95. The van der Waals surface area contributed by atoms with Gasteiger partial charge in [-0.05, 0) is 0 Å². The van der Waals surface area contributed by atoms with Gasteiger partial charge in [-0.1, -0.05) is 24.3 Å². The molecule has 0 aromatic heterocycles.